The quantitative estimate of drug-likeness (QED) is 0.681. The summed E-state index contributed by atoms with van der Waals surface area (Å²) in [5.41, 5.74) is 7.76. The van der Waals surface area contributed by atoms with Crippen molar-refractivity contribution in [3.8, 4) is 0 Å². The van der Waals surface area contributed by atoms with Gasteiger partial charge in [-0.15, -0.1) is 0 Å². The van der Waals surface area contributed by atoms with Crippen molar-refractivity contribution >= 4 is 51.9 Å². The SMILES string of the molecule is C=C(N)c1cc2c(ncn2C)c(F)c1Nc1ccc(SF)cc1Cl. The lowest BCUT2D eigenvalue weighted by atomic mass is 10.1. The van der Waals surface area contributed by atoms with Crippen molar-refractivity contribution in [2.45, 2.75) is 4.90 Å². The number of rotatable bonds is 4. The van der Waals surface area contributed by atoms with E-state index in [0.717, 1.165) is 0 Å². The first-order valence-electron chi connectivity index (χ1n) is 6.85. The third-order valence-electron chi connectivity index (χ3n) is 3.60. The van der Waals surface area contributed by atoms with E-state index in [-0.39, 0.29) is 34.1 Å². The zero-order chi connectivity index (χ0) is 17.4. The maximum atomic E-state index is 14.9. The second-order valence-corrected chi connectivity index (χ2v) is 6.24. The Morgan fingerprint density at radius 1 is 1.42 bits per heavy atom. The van der Waals surface area contributed by atoms with Crippen LogP contribution in [0.25, 0.3) is 16.7 Å². The van der Waals surface area contributed by atoms with Crippen molar-refractivity contribution < 1.29 is 8.28 Å². The minimum Gasteiger partial charge on any atom is -0.399 e. The van der Waals surface area contributed by atoms with E-state index in [1.54, 1.807) is 23.7 Å². The van der Waals surface area contributed by atoms with E-state index in [2.05, 4.69) is 16.9 Å². The first-order valence-corrected chi connectivity index (χ1v) is 7.95. The minimum atomic E-state index is -0.560. The molecule has 2 aromatic carbocycles. The highest BCUT2D eigenvalue weighted by atomic mass is 35.5. The summed E-state index contributed by atoms with van der Waals surface area (Å²) in [5.74, 6) is -0.560. The zero-order valence-electron chi connectivity index (χ0n) is 12.6. The number of imidazole rings is 1. The summed E-state index contributed by atoms with van der Waals surface area (Å²) in [7, 11) is 1.76. The van der Waals surface area contributed by atoms with Crippen LogP contribution in [-0.2, 0) is 7.05 Å². The van der Waals surface area contributed by atoms with Gasteiger partial charge in [0.15, 0.2) is 5.82 Å². The van der Waals surface area contributed by atoms with Gasteiger partial charge < -0.3 is 15.6 Å². The van der Waals surface area contributed by atoms with Crippen molar-refractivity contribution in [1.29, 1.82) is 0 Å². The van der Waals surface area contributed by atoms with Crippen molar-refractivity contribution in [2.24, 2.45) is 12.8 Å². The summed E-state index contributed by atoms with van der Waals surface area (Å²) >= 11 is 6.21. The number of nitrogens with zero attached hydrogens (tertiary/aromatic N) is 2. The number of fused-ring (bicyclic) bond motifs is 1. The summed E-state index contributed by atoms with van der Waals surface area (Å²) in [4.78, 5) is 4.42. The lowest BCUT2D eigenvalue weighted by molar-refractivity contribution is 0.641. The number of hydrogen-bond donors (Lipinski definition) is 2. The zero-order valence-corrected chi connectivity index (χ0v) is 14.2. The van der Waals surface area contributed by atoms with Gasteiger partial charge in [-0.05, 0) is 24.3 Å². The van der Waals surface area contributed by atoms with E-state index in [1.165, 1.54) is 18.5 Å². The van der Waals surface area contributed by atoms with Crippen LogP contribution in [0, 0.1) is 5.82 Å². The number of aromatic nitrogens is 2. The fraction of sp³-hybridized carbons (Fsp3) is 0.0625. The van der Waals surface area contributed by atoms with E-state index < -0.39 is 5.82 Å². The van der Waals surface area contributed by atoms with Crippen molar-refractivity contribution in [1.82, 2.24) is 9.55 Å². The summed E-state index contributed by atoms with van der Waals surface area (Å²) in [5, 5.41) is 3.17. The summed E-state index contributed by atoms with van der Waals surface area (Å²) < 4.78 is 29.2. The molecule has 0 radical (unpaired) electrons. The van der Waals surface area contributed by atoms with Crippen LogP contribution < -0.4 is 11.1 Å². The van der Waals surface area contributed by atoms with Crippen LogP contribution in [0.4, 0.5) is 19.7 Å². The summed E-state index contributed by atoms with van der Waals surface area (Å²) in [6, 6.07) is 6.25. The smallest absolute Gasteiger partial charge is 0.175 e. The van der Waals surface area contributed by atoms with Crippen LogP contribution in [-0.4, -0.2) is 9.55 Å². The molecule has 0 amide bonds. The molecule has 8 heteroatoms. The van der Waals surface area contributed by atoms with E-state index in [4.69, 9.17) is 17.3 Å². The van der Waals surface area contributed by atoms with Crippen molar-refractivity contribution in [2.75, 3.05) is 5.32 Å². The molecule has 124 valence electrons. The van der Waals surface area contributed by atoms with Gasteiger partial charge in [-0.1, -0.05) is 18.2 Å². The van der Waals surface area contributed by atoms with E-state index >= 15 is 0 Å². The molecule has 3 rings (SSSR count). The normalized spacial score (nSPS) is 11.0. The Kier molecular flexibility index (Phi) is 4.38. The lowest BCUT2D eigenvalue weighted by Crippen LogP contribution is -2.04. The predicted octanol–water partition coefficient (Wildman–Crippen LogP) is 5.02. The van der Waals surface area contributed by atoms with Gasteiger partial charge >= 0.3 is 0 Å². The van der Waals surface area contributed by atoms with E-state index in [9.17, 15) is 8.28 Å². The highest BCUT2D eigenvalue weighted by Gasteiger charge is 2.18. The van der Waals surface area contributed by atoms with Crippen LogP contribution in [0.15, 0.2) is 42.1 Å². The molecule has 0 saturated carbocycles. The van der Waals surface area contributed by atoms with Crippen LogP contribution >= 0.6 is 23.7 Å². The van der Waals surface area contributed by atoms with Crippen molar-refractivity contribution in [3.63, 3.8) is 0 Å². The maximum absolute atomic E-state index is 14.9. The van der Waals surface area contributed by atoms with Crippen molar-refractivity contribution in [3.05, 3.63) is 53.6 Å². The molecule has 0 bridgehead atoms. The average Bonchev–Trinajstić information content (AvgIpc) is 2.92. The number of nitrogens with two attached hydrogens (primary N) is 1. The van der Waals surface area contributed by atoms with Gasteiger partial charge in [0, 0.05) is 23.2 Å². The number of halogens is 3. The minimum absolute atomic E-state index is 0.0806. The third-order valence-corrected chi connectivity index (χ3v) is 4.34. The van der Waals surface area contributed by atoms with Crippen LogP contribution in [0.1, 0.15) is 5.56 Å². The molecule has 0 saturated heterocycles. The largest absolute Gasteiger partial charge is 0.399 e. The van der Waals surface area contributed by atoms with Gasteiger partial charge in [-0.25, -0.2) is 9.37 Å². The average molecular weight is 367 g/mol. The van der Waals surface area contributed by atoms with Gasteiger partial charge in [-0.2, -0.15) is 3.89 Å². The molecule has 1 aromatic heterocycles. The summed E-state index contributed by atoms with van der Waals surface area (Å²) in [6.45, 7) is 3.69. The lowest BCUT2D eigenvalue weighted by Gasteiger charge is -2.15. The fourth-order valence-electron chi connectivity index (χ4n) is 2.38. The molecular weight excluding hydrogens is 354 g/mol. The highest BCUT2D eigenvalue weighted by molar-refractivity contribution is 7.94. The molecule has 0 aliphatic heterocycles. The molecular formula is C16H13ClF2N4S. The number of nitrogens with one attached hydrogen (secondary N) is 1. The summed E-state index contributed by atoms with van der Waals surface area (Å²) in [6.07, 6.45) is 1.51. The second kappa shape index (κ2) is 6.33. The third kappa shape index (κ3) is 2.81. The Hall–Kier alpha value is -2.25. The van der Waals surface area contributed by atoms with Gasteiger partial charge in [0.05, 0.1) is 40.4 Å². The molecule has 24 heavy (non-hydrogen) atoms. The Bertz CT molecular complexity index is 955. The van der Waals surface area contributed by atoms with Gasteiger partial charge in [0.2, 0.25) is 0 Å². The molecule has 0 atom stereocenters. The Balaban J connectivity index is 2.16. The van der Waals surface area contributed by atoms with Gasteiger partial charge in [-0.3, -0.25) is 0 Å². The predicted molar refractivity (Wildman–Crippen MR) is 95.6 cm³/mol. The first-order chi connectivity index (χ1) is 11.4. The first kappa shape index (κ1) is 16.6. The number of anilines is 2. The molecule has 0 fully saturated rings. The molecule has 0 aliphatic rings. The number of benzene rings is 2. The molecule has 0 unspecified atom stereocenters. The molecule has 3 N–H and O–H groups in total. The highest BCUT2D eigenvalue weighted by Crippen LogP contribution is 2.36. The topological polar surface area (TPSA) is 55.9 Å². The Morgan fingerprint density at radius 3 is 2.79 bits per heavy atom. The maximum Gasteiger partial charge on any atom is 0.175 e. The van der Waals surface area contributed by atoms with E-state index in [0.29, 0.717) is 21.7 Å². The monoisotopic (exact) mass is 366 g/mol. The van der Waals surface area contributed by atoms with Crippen LogP contribution in [0.2, 0.25) is 5.02 Å². The van der Waals surface area contributed by atoms with E-state index in [1.807, 2.05) is 0 Å². The van der Waals surface area contributed by atoms with Gasteiger partial charge in [0.25, 0.3) is 0 Å². The number of hydrogen-bond acceptors (Lipinski definition) is 4. The molecule has 3 aromatic rings. The van der Waals surface area contributed by atoms with Crippen LogP contribution in [0.5, 0.6) is 0 Å². The molecule has 4 nitrogen and oxygen atoms in total. The second-order valence-electron chi connectivity index (χ2n) is 5.21. The standard InChI is InChI=1S/C16H13ClF2N4S/c1-8(20)10-6-13-16(21-7-23(13)2)14(18)15(10)22-12-4-3-9(24-19)5-11(12)17/h3-7,22H,1,20H2,2H3. The van der Waals surface area contributed by atoms with Gasteiger partial charge in [0.1, 0.15) is 5.52 Å². The molecule has 1 heterocycles. The van der Waals surface area contributed by atoms with Crippen LogP contribution in [0.3, 0.4) is 0 Å². The number of aryl methyl sites for hydroxylation is 1. The fourth-order valence-corrected chi connectivity index (χ4v) is 2.95. The Labute approximate surface area is 146 Å². The molecule has 0 aliphatic carbocycles. The Morgan fingerprint density at radius 2 is 2.17 bits per heavy atom. The molecule has 0 spiro atoms.